The van der Waals surface area contributed by atoms with Crippen LogP contribution < -0.4 is 4.74 Å². The Kier molecular flexibility index (Phi) is 4.80. The van der Waals surface area contributed by atoms with Crippen LogP contribution in [0.1, 0.15) is 22.5 Å². The van der Waals surface area contributed by atoms with Crippen molar-refractivity contribution >= 4 is 17.5 Å². The van der Waals surface area contributed by atoms with Crippen LogP contribution in [0.25, 0.3) is 0 Å². The SMILES string of the molecule is O=C(c1ccc(C(F)(F)F)nc1)N1CCC(Oc2ccncc2Cl)C1. The van der Waals surface area contributed by atoms with Crippen molar-refractivity contribution in [2.45, 2.75) is 18.7 Å². The van der Waals surface area contributed by atoms with E-state index in [1.165, 1.54) is 11.1 Å². The number of hydrogen-bond acceptors (Lipinski definition) is 4. The summed E-state index contributed by atoms with van der Waals surface area (Å²) in [6.45, 7) is 0.756. The Labute approximate surface area is 146 Å². The number of rotatable bonds is 3. The Morgan fingerprint density at radius 2 is 2.08 bits per heavy atom. The third kappa shape index (κ3) is 4.01. The van der Waals surface area contributed by atoms with E-state index in [2.05, 4.69) is 9.97 Å². The molecule has 0 N–H and O–H groups in total. The van der Waals surface area contributed by atoms with E-state index in [0.717, 1.165) is 18.3 Å². The zero-order valence-electron chi connectivity index (χ0n) is 12.8. The maximum Gasteiger partial charge on any atom is 0.433 e. The molecule has 0 radical (unpaired) electrons. The van der Waals surface area contributed by atoms with Gasteiger partial charge in [-0.25, -0.2) is 0 Å². The summed E-state index contributed by atoms with van der Waals surface area (Å²) in [5.74, 6) is 0.0975. The van der Waals surface area contributed by atoms with Crippen LogP contribution in [0.4, 0.5) is 13.2 Å². The van der Waals surface area contributed by atoms with Gasteiger partial charge in [-0.2, -0.15) is 13.2 Å². The van der Waals surface area contributed by atoms with Crippen molar-refractivity contribution in [3.8, 4) is 5.75 Å². The van der Waals surface area contributed by atoms with Gasteiger partial charge in [-0.15, -0.1) is 0 Å². The van der Waals surface area contributed by atoms with Gasteiger partial charge in [0.25, 0.3) is 5.91 Å². The molecule has 0 bridgehead atoms. The fourth-order valence-electron chi connectivity index (χ4n) is 2.52. The van der Waals surface area contributed by atoms with Crippen molar-refractivity contribution in [2.24, 2.45) is 0 Å². The number of likely N-dealkylation sites (tertiary alicyclic amines) is 1. The molecule has 0 saturated carbocycles. The fourth-order valence-corrected chi connectivity index (χ4v) is 2.68. The molecule has 1 atom stereocenters. The van der Waals surface area contributed by atoms with Crippen molar-refractivity contribution in [2.75, 3.05) is 13.1 Å². The lowest BCUT2D eigenvalue weighted by molar-refractivity contribution is -0.141. The Hall–Kier alpha value is -2.35. The van der Waals surface area contributed by atoms with Crippen LogP contribution in [-0.4, -0.2) is 40.0 Å². The summed E-state index contributed by atoms with van der Waals surface area (Å²) in [4.78, 5) is 21.1. The molecular formula is C16H13ClF3N3O2. The van der Waals surface area contributed by atoms with Crippen LogP contribution >= 0.6 is 11.6 Å². The maximum absolute atomic E-state index is 12.5. The lowest BCUT2D eigenvalue weighted by atomic mass is 10.2. The minimum Gasteiger partial charge on any atom is -0.487 e. The zero-order valence-corrected chi connectivity index (χ0v) is 13.6. The summed E-state index contributed by atoms with van der Waals surface area (Å²) in [6.07, 6.45) is -0.225. The number of carbonyl (C=O) groups excluding carboxylic acids is 1. The predicted molar refractivity (Wildman–Crippen MR) is 83.4 cm³/mol. The van der Waals surface area contributed by atoms with Crippen molar-refractivity contribution in [3.63, 3.8) is 0 Å². The quantitative estimate of drug-likeness (QED) is 0.829. The molecule has 3 heterocycles. The summed E-state index contributed by atoms with van der Waals surface area (Å²) in [7, 11) is 0. The van der Waals surface area contributed by atoms with Crippen LogP contribution in [0, 0.1) is 0 Å². The standard InChI is InChI=1S/C16H13ClF3N3O2/c17-12-8-21-5-3-13(12)25-11-4-6-23(9-11)15(24)10-1-2-14(22-7-10)16(18,19)20/h1-3,5,7-8,11H,4,6,9H2. The molecule has 5 nitrogen and oxygen atoms in total. The summed E-state index contributed by atoms with van der Waals surface area (Å²) in [5.41, 5.74) is -0.922. The van der Waals surface area contributed by atoms with Gasteiger partial charge in [0.1, 0.15) is 22.6 Å². The van der Waals surface area contributed by atoms with Crippen LogP contribution in [0.3, 0.4) is 0 Å². The Bertz CT molecular complexity index is 768. The van der Waals surface area contributed by atoms with Gasteiger partial charge < -0.3 is 9.64 Å². The molecule has 2 aromatic rings. The first-order valence-corrected chi connectivity index (χ1v) is 7.81. The molecule has 1 aliphatic rings. The van der Waals surface area contributed by atoms with Crippen molar-refractivity contribution in [1.29, 1.82) is 0 Å². The second-order valence-corrected chi connectivity index (χ2v) is 5.92. The predicted octanol–water partition coefficient (Wildman–Crippen LogP) is 3.44. The number of carbonyl (C=O) groups is 1. The molecule has 2 aromatic heterocycles. The number of ether oxygens (including phenoxy) is 1. The minimum absolute atomic E-state index is 0.107. The van der Waals surface area contributed by atoms with Gasteiger partial charge in [0.05, 0.1) is 12.1 Å². The number of alkyl halides is 3. The normalized spacial score (nSPS) is 17.6. The van der Waals surface area contributed by atoms with Gasteiger partial charge in [-0.3, -0.25) is 14.8 Å². The highest BCUT2D eigenvalue weighted by Gasteiger charge is 2.33. The van der Waals surface area contributed by atoms with Gasteiger partial charge in [-0.05, 0) is 12.1 Å². The van der Waals surface area contributed by atoms with E-state index in [0.29, 0.717) is 30.3 Å². The molecule has 1 amide bonds. The average molecular weight is 372 g/mol. The van der Waals surface area contributed by atoms with Gasteiger partial charge >= 0.3 is 6.18 Å². The summed E-state index contributed by atoms with van der Waals surface area (Å²) >= 11 is 5.98. The molecule has 132 valence electrons. The Balaban J connectivity index is 1.63. The molecule has 0 spiro atoms. The molecule has 25 heavy (non-hydrogen) atoms. The number of hydrogen-bond donors (Lipinski definition) is 0. The lowest BCUT2D eigenvalue weighted by Gasteiger charge is -2.18. The number of pyridine rings is 2. The Morgan fingerprint density at radius 1 is 1.28 bits per heavy atom. The van der Waals surface area contributed by atoms with E-state index in [1.54, 1.807) is 12.3 Å². The van der Waals surface area contributed by atoms with Gasteiger partial charge in [0, 0.05) is 37.6 Å². The second kappa shape index (κ2) is 6.87. The highest BCUT2D eigenvalue weighted by molar-refractivity contribution is 6.31. The molecule has 9 heteroatoms. The minimum atomic E-state index is -4.53. The molecule has 3 rings (SSSR count). The molecule has 0 aliphatic carbocycles. The van der Waals surface area contributed by atoms with Crippen LogP contribution in [0.15, 0.2) is 36.8 Å². The first-order valence-electron chi connectivity index (χ1n) is 7.43. The number of aromatic nitrogens is 2. The van der Waals surface area contributed by atoms with Crippen molar-refractivity contribution in [3.05, 3.63) is 53.1 Å². The molecular weight excluding hydrogens is 359 g/mol. The van der Waals surface area contributed by atoms with Crippen molar-refractivity contribution < 1.29 is 22.7 Å². The van der Waals surface area contributed by atoms with E-state index >= 15 is 0 Å². The average Bonchev–Trinajstić information content (AvgIpc) is 3.04. The third-order valence-corrected chi connectivity index (χ3v) is 4.05. The van der Waals surface area contributed by atoms with Crippen molar-refractivity contribution in [1.82, 2.24) is 14.9 Å². The molecule has 0 aromatic carbocycles. The number of halogens is 4. The Morgan fingerprint density at radius 3 is 2.72 bits per heavy atom. The first-order chi connectivity index (χ1) is 11.8. The maximum atomic E-state index is 12.5. The number of amides is 1. The van der Waals surface area contributed by atoms with E-state index in [-0.39, 0.29) is 17.6 Å². The van der Waals surface area contributed by atoms with Crippen LogP contribution in [0.2, 0.25) is 5.02 Å². The number of nitrogens with zero attached hydrogens (tertiary/aromatic N) is 3. The summed E-state index contributed by atoms with van der Waals surface area (Å²) in [5, 5.41) is 0.374. The topological polar surface area (TPSA) is 55.3 Å². The van der Waals surface area contributed by atoms with E-state index in [9.17, 15) is 18.0 Å². The van der Waals surface area contributed by atoms with E-state index in [4.69, 9.17) is 16.3 Å². The fraction of sp³-hybridized carbons (Fsp3) is 0.312. The van der Waals surface area contributed by atoms with Gasteiger partial charge in [-0.1, -0.05) is 11.6 Å². The van der Waals surface area contributed by atoms with E-state index < -0.39 is 11.9 Å². The highest BCUT2D eigenvalue weighted by atomic mass is 35.5. The lowest BCUT2D eigenvalue weighted by Crippen LogP contribution is -2.31. The third-order valence-electron chi connectivity index (χ3n) is 3.76. The largest absolute Gasteiger partial charge is 0.487 e. The van der Waals surface area contributed by atoms with E-state index in [1.807, 2.05) is 0 Å². The van der Waals surface area contributed by atoms with Gasteiger partial charge in [0.15, 0.2) is 0 Å². The molecule has 1 unspecified atom stereocenters. The van der Waals surface area contributed by atoms with Crippen LogP contribution in [0.5, 0.6) is 5.75 Å². The molecule has 1 aliphatic heterocycles. The monoisotopic (exact) mass is 371 g/mol. The van der Waals surface area contributed by atoms with Gasteiger partial charge in [0.2, 0.25) is 0 Å². The summed E-state index contributed by atoms with van der Waals surface area (Å²) in [6, 6.07) is 3.56. The van der Waals surface area contributed by atoms with Crippen LogP contribution in [-0.2, 0) is 6.18 Å². The highest BCUT2D eigenvalue weighted by Crippen LogP contribution is 2.28. The molecule has 1 saturated heterocycles. The second-order valence-electron chi connectivity index (χ2n) is 5.52. The smallest absolute Gasteiger partial charge is 0.433 e. The zero-order chi connectivity index (χ0) is 18.0. The summed E-state index contributed by atoms with van der Waals surface area (Å²) < 4.78 is 43.3. The molecule has 1 fully saturated rings. The first kappa shape index (κ1) is 17.5.